The molecular formula is C24H38O3. The number of methoxy groups -OCH3 is 1. The second-order valence-electron chi connectivity index (χ2n) is 6.62. The zero-order valence-electron chi connectivity index (χ0n) is 17.2. The van der Waals surface area contributed by atoms with Crippen LogP contribution in [0.2, 0.25) is 0 Å². The molecule has 1 rings (SSSR count). The molecule has 0 N–H and O–H groups in total. The topological polar surface area (TPSA) is 27.7 Å². The highest BCUT2D eigenvalue weighted by Crippen LogP contribution is 2.17. The van der Waals surface area contributed by atoms with Gasteiger partial charge in [0.25, 0.3) is 0 Å². The summed E-state index contributed by atoms with van der Waals surface area (Å²) in [7, 11) is 1.69. The third kappa shape index (κ3) is 14.3. The van der Waals surface area contributed by atoms with Gasteiger partial charge < -0.3 is 14.2 Å². The average molecular weight is 375 g/mol. The van der Waals surface area contributed by atoms with Crippen molar-refractivity contribution in [1.82, 2.24) is 0 Å². The van der Waals surface area contributed by atoms with Gasteiger partial charge in [0.05, 0.1) is 13.2 Å². The van der Waals surface area contributed by atoms with Crippen molar-refractivity contribution < 1.29 is 14.2 Å². The Morgan fingerprint density at radius 3 is 1.93 bits per heavy atom. The largest absolute Gasteiger partial charge is 0.382 e. The number of allylic oxidation sites excluding steroid dienone is 10. The van der Waals surface area contributed by atoms with Gasteiger partial charge in [-0.3, -0.25) is 0 Å². The normalized spacial score (nSPS) is 21.3. The maximum atomic E-state index is 5.73. The first-order valence-corrected chi connectivity index (χ1v) is 10.4. The van der Waals surface area contributed by atoms with Crippen molar-refractivity contribution in [2.45, 2.75) is 70.7 Å². The third-order valence-electron chi connectivity index (χ3n) is 4.13. The molecule has 0 saturated carbocycles. The molecule has 0 aromatic rings. The fourth-order valence-electron chi connectivity index (χ4n) is 2.70. The lowest BCUT2D eigenvalue weighted by atomic mass is 10.2. The lowest BCUT2D eigenvalue weighted by Crippen LogP contribution is -2.17. The van der Waals surface area contributed by atoms with Gasteiger partial charge in [0.15, 0.2) is 6.29 Å². The summed E-state index contributed by atoms with van der Waals surface area (Å²) in [6.07, 6.45) is 30.6. The van der Waals surface area contributed by atoms with E-state index in [9.17, 15) is 0 Å². The maximum absolute atomic E-state index is 5.73. The quantitative estimate of drug-likeness (QED) is 0.249. The molecule has 1 saturated heterocycles. The Kier molecular flexibility index (Phi) is 15.7. The SMILES string of the molecule is CC/C=C\C/C=C\C/C=C\C/C=C\C/C=C\CCCC1OCC(COC)O1. The first kappa shape index (κ1) is 23.6. The molecule has 0 spiro atoms. The molecule has 0 aromatic heterocycles. The van der Waals surface area contributed by atoms with Crippen LogP contribution in [0.25, 0.3) is 0 Å². The van der Waals surface area contributed by atoms with Crippen LogP contribution in [0.4, 0.5) is 0 Å². The van der Waals surface area contributed by atoms with Crippen LogP contribution in [0.15, 0.2) is 60.8 Å². The molecule has 27 heavy (non-hydrogen) atoms. The number of unbranched alkanes of at least 4 members (excludes halogenated alkanes) is 1. The fraction of sp³-hybridized carbons (Fsp3) is 0.583. The Labute approximate surface area is 166 Å². The van der Waals surface area contributed by atoms with Gasteiger partial charge in [-0.15, -0.1) is 0 Å². The van der Waals surface area contributed by atoms with E-state index < -0.39 is 0 Å². The summed E-state index contributed by atoms with van der Waals surface area (Å²) < 4.78 is 16.4. The van der Waals surface area contributed by atoms with Crippen molar-refractivity contribution in [2.75, 3.05) is 20.3 Å². The first-order valence-electron chi connectivity index (χ1n) is 10.4. The van der Waals surface area contributed by atoms with Crippen molar-refractivity contribution in [1.29, 1.82) is 0 Å². The third-order valence-corrected chi connectivity index (χ3v) is 4.13. The van der Waals surface area contributed by atoms with Crippen LogP contribution >= 0.6 is 0 Å². The van der Waals surface area contributed by atoms with Crippen molar-refractivity contribution in [3.63, 3.8) is 0 Å². The molecule has 3 nitrogen and oxygen atoms in total. The van der Waals surface area contributed by atoms with E-state index in [-0.39, 0.29) is 12.4 Å². The van der Waals surface area contributed by atoms with E-state index in [4.69, 9.17) is 14.2 Å². The van der Waals surface area contributed by atoms with E-state index >= 15 is 0 Å². The lowest BCUT2D eigenvalue weighted by Gasteiger charge is -2.09. The minimum absolute atomic E-state index is 0.0483. The molecular weight excluding hydrogens is 336 g/mol. The van der Waals surface area contributed by atoms with Crippen molar-refractivity contribution in [3.8, 4) is 0 Å². The van der Waals surface area contributed by atoms with Gasteiger partial charge >= 0.3 is 0 Å². The summed E-state index contributed by atoms with van der Waals surface area (Å²) in [6.45, 7) is 3.43. The summed E-state index contributed by atoms with van der Waals surface area (Å²) in [5, 5.41) is 0. The molecule has 0 radical (unpaired) electrons. The standard InChI is InChI=1S/C24H38O3/c1-3-4-5-6-7-8-9-10-11-12-13-14-15-16-17-18-19-20-24-26-22-23(27-24)21-25-2/h4-5,7-8,10-11,13-14,16-17,23-24H,3,6,9,12,15,18-22H2,1-2H3/b5-4-,8-7-,11-10-,14-13-,17-16-. The molecule has 2 atom stereocenters. The highest BCUT2D eigenvalue weighted by atomic mass is 16.7. The second kappa shape index (κ2) is 18.0. The minimum Gasteiger partial charge on any atom is -0.382 e. The summed E-state index contributed by atoms with van der Waals surface area (Å²) in [6, 6.07) is 0. The Hall–Kier alpha value is -1.42. The number of ether oxygens (including phenoxy) is 3. The van der Waals surface area contributed by atoms with E-state index in [0.717, 1.165) is 51.4 Å². The number of rotatable bonds is 15. The molecule has 1 fully saturated rings. The van der Waals surface area contributed by atoms with E-state index in [2.05, 4.69) is 67.7 Å². The van der Waals surface area contributed by atoms with E-state index in [1.54, 1.807) is 7.11 Å². The van der Waals surface area contributed by atoms with Gasteiger partial charge in [-0.2, -0.15) is 0 Å². The van der Waals surface area contributed by atoms with Crippen LogP contribution in [-0.4, -0.2) is 32.7 Å². The molecule has 2 unspecified atom stereocenters. The lowest BCUT2D eigenvalue weighted by molar-refractivity contribution is -0.0724. The Bertz CT molecular complexity index is 474. The molecule has 0 aromatic carbocycles. The van der Waals surface area contributed by atoms with Gasteiger partial charge in [-0.25, -0.2) is 0 Å². The smallest absolute Gasteiger partial charge is 0.158 e. The van der Waals surface area contributed by atoms with Gasteiger partial charge in [0, 0.05) is 7.11 Å². The van der Waals surface area contributed by atoms with Crippen LogP contribution in [0.1, 0.15) is 58.3 Å². The van der Waals surface area contributed by atoms with Gasteiger partial charge in [-0.1, -0.05) is 67.7 Å². The maximum Gasteiger partial charge on any atom is 0.158 e. The summed E-state index contributed by atoms with van der Waals surface area (Å²) in [5.74, 6) is 0. The Balaban J connectivity index is 1.92. The summed E-state index contributed by atoms with van der Waals surface area (Å²) in [5.41, 5.74) is 0. The Morgan fingerprint density at radius 2 is 1.37 bits per heavy atom. The molecule has 1 aliphatic heterocycles. The summed E-state index contributed by atoms with van der Waals surface area (Å²) >= 11 is 0. The predicted molar refractivity (Wildman–Crippen MR) is 115 cm³/mol. The van der Waals surface area contributed by atoms with E-state index in [1.165, 1.54) is 0 Å². The van der Waals surface area contributed by atoms with Crippen molar-refractivity contribution >= 4 is 0 Å². The van der Waals surface area contributed by atoms with Crippen molar-refractivity contribution in [2.24, 2.45) is 0 Å². The molecule has 1 heterocycles. The molecule has 3 heteroatoms. The second-order valence-corrected chi connectivity index (χ2v) is 6.62. The van der Waals surface area contributed by atoms with E-state index in [1.807, 2.05) is 0 Å². The number of hydrogen-bond acceptors (Lipinski definition) is 3. The zero-order chi connectivity index (χ0) is 19.4. The minimum atomic E-state index is -0.0483. The Morgan fingerprint density at radius 1 is 0.815 bits per heavy atom. The van der Waals surface area contributed by atoms with Crippen LogP contribution in [0.3, 0.4) is 0 Å². The summed E-state index contributed by atoms with van der Waals surface area (Å²) in [4.78, 5) is 0. The van der Waals surface area contributed by atoms with Crippen LogP contribution in [0.5, 0.6) is 0 Å². The van der Waals surface area contributed by atoms with E-state index in [0.29, 0.717) is 13.2 Å². The highest BCUT2D eigenvalue weighted by Gasteiger charge is 2.24. The molecule has 152 valence electrons. The first-order chi connectivity index (χ1) is 13.4. The average Bonchev–Trinajstić information content (AvgIpc) is 3.12. The zero-order valence-corrected chi connectivity index (χ0v) is 17.2. The van der Waals surface area contributed by atoms with Crippen LogP contribution < -0.4 is 0 Å². The van der Waals surface area contributed by atoms with Gasteiger partial charge in [-0.05, 0) is 51.4 Å². The van der Waals surface area contributed by atoms with Crippen LogP contribution in [0, 0.1) is 0 Å². The predicted octanol–water partition coefficient (Wildman–Crippen LogP) is 6.30. The van der Waals surface area contributed by atoms with Gasteiger partial charge in [0.2, 0.25) is 0 Å². The number of hydrogen-bond donors (Lipinski definition) is 0. The monoisotopic (exact) mass is 374 g/mol. The highest BCUT2D eigenvalue weighted by molar-refractivity contribution is 5.00. The molecule has 0 bridgehead atoms. The van der Waals surface area contributed by atoms with Gasteiger partial charge in [0.1, 0.15) is 6.10 Å². The molecule has 0 amide bonds. The van der Waals surface area contributed by atoms with Crippen molar-refractivity contribution in [3.05, 3.63) is 60.8 Å². The molecule has 0 aliphatic carbocycles. The van der Waals surface area contributed by atoms with Crippen LogP contribution in [-0.2, 0) is 14.2 Å². The fourth-order valence-corrected chi connectivity index (χ4v) is 2.70. The molecule has 1 aliphatic rings.